The van der Waals surface area contributed by atoms with Crippen molar-refractivity contribution in [2.45, 2.75) is 6.42 Å². The van der Waals surface area contributed by atoms with E-state index in [0.29, 0.717) is 12.2 Å². The van der Waals surface area contributed by atoms with Gasteiger partial charge in [-0.05, 0) is 17.7 Å². The van der Waals surface area contributed by atoms with Gasteiger partial charge in [0, 0.05) is 0 Å². The molecule has 0 bridgehead atoms. The van der Waals surface area contributed by atoms with Gasteiger partial charge >= 0.3 is 0 Å². The van der Waals surface area contributed by atoms with Gasteiger partial charge in [0.1, 0.15) is 0 Å². The molecule has 0 aliphatic rings. The van der Waals surface area contributed by atoms with Gasteiger partial charge < -0.3 is 9.84 Å². The van der Waals surface area contributed by atoms with E-state index in [1.165, 1.54) is 7.11 Å². The molecule has 3 nitrogen and oxygen atoms in total. The molecular weight excluding hydrogens is 178 g/mol. The highest BCUT2D eigenvalue weighted by atomic mass is 16.5. The van der Waals surface area contributed by atoms with Gasteiger partial charge in [0.25, 0.3) is 0 Å². The number of nitriles is 1. The van der Waals surface area contributed by atoms with Crippen LogP contribution in [0.25, 0.3) is 6.08 Å². The number of ether oxygens (including phenoxy) is 1. The zero-order chi connectivity index (χ0) is 10.4. The number of rotatable bonds is 3. The molecule has 0 saturated carbocycles. The van der Waals surface area contributed by atoms with Crippen LogP contribution >= 0.6 is 0 Å². The molecule has 0 unspecified atom stereocenters. The summed E-state index contributed by atoms with van der Waals surface area (Å²) in [6, 6.07) is 7.08. The molecule has 0 radical (unpaired) electrons. The number of methoxy groups -OCH3 is 1. The topological polar surface area (TPSA) is 53.2 Å². The van der Waals surface area contributed by atoms with E-state index in [0.717, 1.165) is 5.56 Å². The predicted molar refractivity (Wildman–Crippen MR) is 53.9 cm³/mol. The van der Waals surface area contributed by atoms with Crippen LogP contribution in [0.15, 0.2) is 24.3 Å². The Balaban J connectivity index is 2.82. The summed E-state index contributed by atoms with van der Waals surface area (Å²) in [6.07, 6.45) is 3.89. The van der Waals surface area contributed by atoms with Crippen LogP contribution in [0.1, 0.15) is 12.0 Å². The number of hydrogen-bond acceptors (Lipinski definition) is 3. The highest BCUT2D eigenvalue weighted by Crippen LogP contribution is 2.26. The summed E-state index contributed by atoms with van der Waals surface area (Å²) in [5.41, 5.74) is 0.846. The van der Waals surface area contributed by atoms with Crippen LogP contribution in [0.4, 0.5) is 0 Å². The van der Waals surface area contributed by atoms with Gasteiger partial charge in [0.2, 0.25) is 0 Å². The third-order valence-corrected chi connectivity index (χ3v) is 1.72. The Labute approximate surface area is 82.9 Å². The Kier molecular flexibility index (Phi) is 3.57. The lowest BCUT2D eigenvalue weighted by atomic mass is 10.2. The van der Waals surface area contributed by atoms with Crippen LogP contribution < -0.4 is 4.74 Å². The molecule has 0 aromatic heterocycles. The Hall–Kier alpha value is -1.95. The summed E-state index contributed by atoms with van der Waals surface area (Å²) >= 11 is 0. The first-order chi connectivity index (χ1) is 6.77. The van der Waals surface area contributed by atoms with Crippen LogP contribution in [0.2, 0.25) is 0 Å². The average Bonchev–Trinajstić information content (AvgIpc) is 2.18. The second-order valence-corrected chi connectivity index (χ2v) is 2.70. The number of phenols is 1. The zero-order valence-corrected chi connectivity index (χ0v) is 7.90. The standard InChI is InChI=1S/C11H11NO2/c1-14-11-6-5-9(8-10(11)13)4-2-3-7-12/h2,4-6,8,13H,3H2,1H3. The van der Waals surface area contributed by atoms with E-state index in [-0.39, 0.29) is 5.75 Å². The molecular formula is C11H11NO2. The summed E-state index contributed by atoms with van der Waals surface area (Å²) in [7, 11) is 1.50. The van der Waals surface area contributed by atoms with Gasteiger partial charge in [-0.15, -0.1) is 0 Å². The number of aromatic hydroxyl groups is 1. The smallest absolute Gasteiger partial charge is 0.160 e. The van der Waals surface area contributed by atoms with Gasteiger partial charge in [-0.2, -0.15) is 5.26 Å². The van der Waals surface area contributed by atoms with E-state index >= 15 is 0 Å². The largest absolute Gasteiger partial charge is 0.504 e. The first-order valence-corrected chi connectivity index (χ1v) is 4.18. The van der Waals surface area contributed by atoms with Crippen molar-refractivity contribution in [3.8, 4) is 17.6 Å². The maximum absolute atomic E-state index is 9.42. The first kappa shape index (κ1) is 10.1. The maximum atomic E-state index is 9.42. The van der Waals surface area contributed by atoms with Crippen molar-refractivity contribution < 1.29 is 9.84 Å². The lowest BCUT2D eigenvalue weighted by Gasteiger charge is -2.02. The monoisotopic (exact) mass is 189 g/mol. The van der Waals surface area contributed by atoms with Crippen LogP contribution in [0, 0.1) is 11.3 Å². The quantitative estimate of drug-likeness (QED) is 0.793. The first-order valence-electron chi connectivity index (χ1n) is 4.18. The van der Waals surface area contributed by atoms with E-state index in [2.05, 4.69) is 0 Å². The highest BCUT2D eigenvalue weighted by Gasteiger charge is 1.99. The minimum atomic E-state index is 0.103. The van der Waals surface area contributed by atoms with Gasteiger partial charge in [-0.25, -0.2) is 0 Å². The SMILES string of the molecule is COc1ccc(C=CCC#N)cc1O. The molecule has 0 heterocycles. The van der Waals surface area contributed by atoms with E-state index in [4.69, 9.17) is 10.00 Å². The molecule has 0 amide bonds. The van der Waals surface area contributed by atoms with Gasteiger partial charge in [0.05, 0.1) is 19.6 Å². The molecule has 1 rings (SSSR count). The van der Waals surface area contributed by atoms with Crippen molar-refractivity contribution in [2.24, 2.45) is 0 Å². The molecule has 1 N–H and O–H groups in total. The molecule has 0 atom stereocenters. The molecule has 0 saturated heterocycles. The molecule has 0 fully saturated rings. The zero-order valence-electron chi connectivity index (χ0n) is 7.90. The molecule has 72 valence electrons. The molecule has 0 spiro atoms. The number of phenolic OH excluding ortho intramolecular Hbond substituents is 1. The van der Waals surface area contributed by atoms with Gasteiger partial charge in [0.15, 0.2) is 11.5 Å². The van der Waals surface area contributed by atoms with Crippen molar-refractivity contribution in [1.29, 1.82) is 5.26 Å². The minimum absolute atomic E-state index is 0.103. The van der Waals surface area contributed by atoms with Crippen LogP contribution in [-0.4, -0.2) is 12.2 Å². The van der Waals surface area contributed by atoms with Gasteiger partial charge in [-0.1, -0.05) is 18.2 Å². The molecule has 0 aliphatic carbocycles. The van der Waals surface area contributed by atoms with Gasteiger partial charge in [-0.3, -0.25) is 0 Å². The average molecular weight is 189 g/mol. The van der Waals surface area contributed by atoms with E-state index < -0.39 is 0 Å². The summed E-state index contributed by atoms with van der Waals surface area (Å²) in [5, 5.41) is 17.7. The summed E-state index contributed by atoms with van der Waals surface area (Å²) < 4.78 is 4.90. The minimum Gasteiger partial charge on any atom is -0.504 e. The van der Waals surface area contributed by atoms with E-state index in [9.17, 15) is 5.11 Å². The molecule has 1 aromatic carbocycles. The lowest BCUT2D eigenvalue weighted by molar-refractivity contribution is 0.373. The summed E-state index contributed by atoms with van der Waals surface area (Å²) in [5.74, 6) is 0.550. The fraction of sp³-hybridized carbons (Fsp3) is 0.182. The molecule has 0 aliphatic heterocycles. The Bertz CT molecular complexity index is 377. The third kappa shape index (κ3) is 2.53. The predicted octanol–water partition coefficient (Wildman–Crippen LogP) is 2.33. The number of benzene rings is 1. The van der Waals surface area contributed by atoms with Crippen molar-refractivity contribution >= 4 is 6.08 Å². The van der Waals surface area contributed by atoms with Crippen LogP contribution in [-0.2, 0) is 0 Å². The summed E-state index contributed by atoms with van der Waals surface area (Å²) in [4.78, 5) is 0. The Morgan fingerprint density at radius 1 is 1.57 bits per heavy atom. The Morgan fingerprint density at radius 2 is 2.36 bits per heavy atom. The normalized spacial score (nSPS) is 10.0. The van der Waals surface area contributed by atoms with Crippen LogP contribution in [0.3, 0.4) is 0 Å². The molecule has 14 heavy (non-hydrogen) atoms. The third-order valence-electron chi connectivity index (χ3n) is 1.72. The van der Waals surface area contributed by atoms with Crippen molar-refractivity contribution in [3.05, 3.63) is 29.8 Å². The number of allylic oxidation sites excluding steroid dienone is 1. The van der Waals surface area contributed by atoms with E-state index in [1.807, 2.05) is 12.1 Å². The number of hydrogen-bond donors (Lipinski definition) is 1. The molecule has 1 aromatic rings. The lowest BCUT2D eigenvalue weighted by Crippen LogP contribution is -1.83. The van der Waals surface area contributed by atoms with Crippen LogP contribution in [0.5, 0.6) is 11.5 Å². The second-order valence-electron chi connectivity index (χ2n) is 2.70. The summed E-state index contributed by atoms with van der Waals surface area (Å²) in [6.45, 7) is 0. The van der Waals surface area contributed by atoms with E-state index in [1.54, 1.807) is 24.3 Å². The Morgan fingerprint density at radius 3 is 2.93 bits per heavy atom. The van der Waals surface area contributed by atoms with Crippen molar-refractivity contribution in [2.75, 3.05) is 7.11 Å². The fourth-order valence-corrected chi connectivity index (χ4v) is 1.06. The highest BCUT2D eigenvalue weighted by molar-refractivity contribution is 5.55. The van der Waals surface area contributed by atoms with Crippen molar-refractivity contribution in [3.63, 3.8) is 0 Å². The number of nitrogens with zero attached hydrogens (tertiary/aromatic N) is 1. The van der Waals surface area contributed by atoms with Crippen molar-refractivity contribution in [1.82, 2.24) is 0 Å². The second kappa shape index (κ2) is 4.93. The molecule has 3 heteroatoms. The fourth-order valence-electron chi connectivity index (χ4n) is 1.06. The maximum Gasteiger partial charge on any atom is 0.160 e.